The van der Waals surface area contributed by atoms with E-state index in [0.717, 1.165) is 22.2 Å². The molecule has 148 valence electrons. The van der Waals surface area contributed by atoms with Crippen molar-refractivity contribution in [3.63, 3.8) is 0 Å². The first-order valence-corrected chi connectivity index (χ1v) is 10.1. The number of likely N-dealkylation sites (tertiary alicyclic amines) is 1. The predicted molar refractivity (Wildman–Crippen MR) is 107 cm³/mol. The first-order valence-electron chi connectivity index (χ1n) is 8.95. The smallest absolute Gasteiger partial charge is 0.294 e. The molecule has 2 saturated heterocycles. The summed E-state index contributed by atoms with van der Waals surface area (Å²) in [5.41, 5.74) is 6.60. The molecule has 0 radical (unpaired) electrons. The summed E-state index contributed by atoms with van der Waals surface area (Å²) in [7, 11) is 0. The zero-order valence-corrected chi connectivity index (χ0v) is 16.9. The molecule has 2 fully saturated rings. The molecule has 1 unspecified atom stereocenters. The van der Waals surface area contributed by atoms with Crippen molar-refractivity contribution < 1.29 is 19.2 Å². The first-order chi connectivity index (χ1) is 13.3. The Labute approximate surface area is 171 Å². The summed E-state index contributed by atoms with van der Waals surface area (Å²) in [6, 6.07) is 5.93. The fourth-order valence-electron chi connectivity index (χ4n) is 3.39. The van der Waals surface area contributed by atoms with Gasteiger partial charge in [-0.05, 0) is 48.7 Å². The van der Waals surface area contributed by atoms with Crippen molar-refractivity contribution in [3.05, 3.63) is 45.3 Å². The third-order valence-corrected chi connectivity index (χ3v) is 6.27. The van der Waals surface area contributed by atoms with Crippen LogP contribution in [0.2, 0.25) is 5.02 Å². The molecule has 2 N–H and O–H groups in total. The van der Waals surface area contributed by atoms with Gasteiger partial charge in [-0.2, -0.15) is 0 Å². The Morgan fingerprint density at radius 3 is 2.43 bits per heavy atom. The Balaban J connectivity index is 1.74. The van der Waals surface area contributed by atoms with E-state index in [-0.39, 0.29) is 12.3 Å². The molecule has 0 spiro atoms. The highest BCUT2D eigenvalue weighted by molar-refractivity contribution is 8.18. The minimum Gasteiger partial charge on any atom is -0.368 e. The number of carbonyl (C=O) groups is 4. The average Bonchev–Trinajstić information content (AvgIpc) is 2.97. The second-order valence-electron chi connectivity index (χ2n) is 6.57. The summed E-state index contributed by atoms with van der Waals surface area (Å²) in [4.78, 5) is 52.2. The minimum absolute atomic E-state index is 0.155. The van der Waals surface area contributed by atoms with E-state index in [1.807, 2.05) is 0 Å². The van der Waals surface area contributed by atoms with Crippen LogP contribution in [0.15, 0.2) is 34.7 Å². The molecule has 0 saturated carbocycles. The number of primary amides is 1. The van der Waals surface area contributed by atoms with Gasteiger partial charge in [0.05, 0.1) is 15.5 Å². The van der Waals surface area contributed by atoms with Gasteiger partial charge < -0.3 is 10.6 Å². The number of benzene rings is 1. The molecule has 4 amide bonds. The fraction of sp³-hybridized carbons (Fsp3) is 0.368. The normalized spacial score (nSPS) is 18.6. The number of carbonyl (C=O) groups excluding carboxylic acids is 4. The molecule has 2 aliphatic rings. The van der Waals surface area contributed by atoms with Crippen molar-refractivity contribution in [3.8, 4) is 0 Å². The molecule has 1 atom stereocenters. The van der Waals surface area contributed by atoms with Crippen molar-refractivity contribution in [2.24, 2.45) is 5.73 Å². The van der Waals surface area contributed by atoms with Gasteiger partial charge in [0.1, 0.15) is 6.04 Å². The molecule has 28 heavy (non-hydrogen) atoms. The van der Waals surface area contributed by atoms with Gasteiger partial charge in [0.25, 0.3) is 17.1 Å². The van der Waals surface area contributed by atoms with E-state index >= 15 is 0 Å². The van der Waals surface area contributed by atoms with Gasteiger partial charge in [0, 0.05) is 13.1 Å². The number of hydrogen-bond acceptors (Lipinski definition) is 5. The predicted octanol–water partition coefficient (Wildman–Crippen LogP) is 2.79. The second-order valence-corrected chi connectivity index (χ2v) is 7.94. The van der Waals surface area contributed by atoms with Crippen LogP contribution in [0.4, 0.5) is 4.79 Å². The maximum Gasteiger partial charge on any atom is 0.294 e. The van der Waals surface area contributed by atoms with E-state index in [1.54, 1.807) is 36.1 Å². The summed E-state index contributed by atoms with van der Waals surface area (Å²) in [6.45, 7) is 2.56. The van der Waals surface area contributed by atoms with E-state index in [2.05, 4.69) is 0 Å². The number of nitrogens with zero attached hydrogens (tertiary/aromatic N) is 2. The van der Waals surface area contributed by atoms with Crippen LogP contribution in [-0.2, 0) is 9.59 Å². The molecule has 2 heterocycles. The van der Waals surface area contributed by atoms with E-state index in [1.165, 1.54) is 0 Å². The Morgan fingerprint density at radius 2 is 1.86 bits per heavy atom. The van der Waals surface area contributed by atoms with Crippen molar-refractivity contribution in [1.82, 2.24) is 9.80 Å². The van der Waals surface area contributed by atoms with Crippen molar-refractivity contribution in [2.45, 2.75) is 32.2 Å². The van der Waals surface area contributed by atoms with Gasteiger partial charge in [0.15, 0.2) is 0 Å². The second kappa shape index (κ2) is 8.36. The van der Waals surface area contributed by atoms with E-state index in [0.29, 0.717) is 41.4 Å². The Hall–Kier alpha value is -2.32. The number of rotatable bonds is 4. The van der Waals surface area contributed by atoms with Crippen molar-refractivity contribution in [1.29, 1.82) is 0 Å². The molecule has 7 nitrogen and oxygen atoms in total. The Morgan fingerprint density at radius 1 is 1.21 bits per heavy atom. The summed E-state index contributed by atoms with van der Waals surface area (Å²) in [5.74, 6) is -1.32. The highest BCUT2D eigenvalue weighted by Gasteiger charge is 2.43. The van der Waals surface area contributed by atoms with Crippen LogP contribution in [0.3, 0.4) is 0 Å². The van der Waals surface area contributed by atoms with Crippen LogP contribution in [0.5, 0.6) is 0 Å². The largest absolute Gasteiger partial charge is 0.368 e. The molecule has 1 aromatic carbocycles. The SMILES string of the molecule is CCC(C(N)=O)N1C(=O)SC(=C2CCN(C(=O)c3ccccc3Cl)CC2)C1=O. The summed E-state index contributed by atoms with van der Waals surface area (Å²) >= 11 is 6.95. The van der Waals surface area contributed by atoms with Gasteiger partial charge in [-0.1, -0.05) is 30.7 Å². The number of halogens is 1. The molecule has 9 heteroatoms. The van der Waals surface area contributed by atoms with E-state index < -0.39 is 23.1 Å². The summed E-state index contributed by atoms with van der Waals surface area (Å²) in [5, 5.41) is -0.0794. The minimum atomic E-state index is -0.938. The number of nitrogens with two attached hydrogens (primary N) is 1. The highest BCUT2D eigenvalue weighted by atomic mass is 35.5. The lowest BCUT2D eigenvalue weighted by molar-refractivity contribution is -0.132. The molecule has 0 aromatic heterocycles. The highest BCUT2D eigenvalue weighted by Crippen LogP contribution is 2.38. The quantitative estimate of drug-likeness (QED) is 0.753. The molecule has 0 aliphatic carbocycles. The fourth-order valence-corrected chi connectivity index (χ4v) is 4.62. The molecular weight excluding hydrogens is 402 g/mol. The zero-order valence-electron chi connectivity index (χ0n) is 15.3. The van der Waals surface area contributed by atoms with Crippen LogP contribution in [0.25, 0.3) is 0 Å². The average molecular weight is 422 g/mol. The molecule has 2 aliphatic heterocycles. The zero-order chi connectivity index (χ0) is 20.4. The number of amides is 4. The Bertz CT molecular complexity index is 876. The third-order valence-electron chi connectivity index (χ3n) is 4.91. The lowest BCUT2D eigenvalue weighted by Crippen LogP contribution is -2.46. The molecule has 3 rings (SSSR count). The van der Waals surface area contributed by atoms with Gasteiger partial charge in [-0.15, -0.1) is 0 Å². The monoisotopic (exact) mass is 421 g/mol. The van der Waals surface area contributed by atoms with E-state index in [9.17, 15) is 19.2 Å². The van der Waals surface area contributed by atoms with E-state index in [4.69, 9.17) is 17.3 Å². The van der Waals surface area contributed by atoms with Crippen LogP contribution >= 0.6 is 23.4 Å². The van der Waals surface area contributed by atoms with Gasteiger partial charge in [-0.25, -0.2) is 0 Å². The van der Waals surface area contributed by atoms with Gasteiger partial charge >= 0.3 is 0 Å². The van der Waals surface area contributed by atoms with Crippen LogP contribution in [0, 0.1) is 0 Å². The lowest BCUT2D eigenvalue weighted by atomic mass is 10.0. The van der Waals surface area contributed by atoms with Crippen molar-refractivity contribution >= 4 is 46.3 Å². The first kappa shape index (κ1) is 20.4. The maximum absolute atomic E-state index is 12.7. The topological polar surface area (TPSA) is 101 Å². The maximum atomic E-state index is 12.7. The Kier molecular flexibility index (Phi) is 6.10. The van der Waals surface area contributed by atoms with Gasteiger partial charge in [-0.3, -0.25) is 24.1 Å². The van der Waals surface area contributed by atoms with Crippen LogP contribution in [0.1, 0.15) is 36.5 Å². The van der Waals surface area contributed by atoms with Crippen LogP contribution in [-0.4, -0.2) is 51.9 Å². The van der Waals surface area contributed by atoms with Gasteiger partial charge in [0.2, 0.25) is 5.91 Å². The van der Waals surface area contributed by atoms with Crippen molar-refractivity contribution in [2.75, 3.05) is 13.1 Å². The summed E-state index contributed by atoms with van der Waals surface area (Å²) < 4.78 is 0. The number of imide groups is 1. The lowest BCUT2D eigenvalue weighted by Gasteiger charge is -2.29. The number of piperidine rings is 1. The van der Waals surface area contributed by atoms with Crippen LogP contribution < -0.4 is 5.73 Å². The molecule has 0 bridgehead atoms. The standard InChI is InChI=1S/C19H20ClN3O4S/c1-2-14(16(21)24)23-18(26)15(28-19(23)27)11-7-9-22(10-8-11)17(25)12-5-3-4-6-13(12)20/h3-6,14H,2,7-10H2,1H3,(H2,21,24). The number of thioether (sulfide) groups is 1. The molecular formula is C19H20ClN3O4S. The third kappa shape index (κ3) is 3.79. The summed E-state index contributed by atoms with van der Waals surface area (Å²) in [6.07, 6.45) is 1.24. The number of hydrogen-bond donors (Lipinski definition) is 1. The molecule has 1 aromatic rings.